The van der Waals surface area contributed by atoms with E-state index in [4.69, 9.17) is 19.9 Å². The van der Waals surface area contributed by atoms with Crippen molar-refractivity contribution in [1.82, 2.24) is 4.90 Å². The highest BCUT2D eigenvalue weighted by atomic mass is 16.6. The first-order valence-corrected chi connectivity index (χ1v) is 17.5. The van der Waals surface area contributed by atoms with Crippen LogP contribution in [0.15, 0.2) is 23.8 Å². The lowest BCUT2D eigenvalue weighted by Crippen LogP contribution is -2.96. The lowest BCUT2D eigenvalue weighted by molar-refractivity contribution is -0.706. The molecule has 0 aromatic carbocycles. The van der Waals surface area contributed by atoms with Crippen molar-refractivity contribution >= 4 is 17.8 Å². The van der Waals surface area contributed by atoms with Gasteiger partial charge in [0.05, 0.1) is 18.6 Å². The van der Waals surface area contributed by atoms with Crippen molar-refractivity contribution in [2.45, 2.75) is 115 Å². The number of likely N-dealkylation sites (tertiary alicyclic amines) is 1. The van der Waals surface area contributed by atoms with Crippen LogP contribution in [0.1, 0.15) is 85.0 Å². The summed E-state index contributed by atoms with van der Waals surface area (Å²) in [6, 6.07) is 0. The van der Waals surface area contributed by atoms with Gasteiger partial charge in [-0.05, 0) is 77.0 Å². The summed E-state index contributed by atoms with van der Waals surface area (Å²) in [4.78, 5) is 41.5. The van der Waals surface area contributed by atoms with Crippen LogP contribution in [-0.2, 0) is 28.6 Å². The molecule has 1 spiro atoms. The fraction of sp³-hybridized carbons (Fsp3) is 0.800. The number of aliphatic hydroxyl groups is 1. The minimum atomic E-state index is -0.923. The van der Waals surface area contributed by atoms with Crippen LogP contribution in [0.25, 0.3) is 0 Å². The Morgan fingerprint density at radius 1 is 1.20 bits per heavy atom. The molecular formula is C35H54N3O7+. The van der Waals surface area contributed by atoms with Gasteiger partial charge in [-0.25, -0.2) is 4.79 Å². The number of aliphatic hydroxyl groups excluding tert-OH is 1. The van der Waals surface area contributed by atoms with E-state index < -0.39 is 11.2 Å². The first-order chi connectivity index (χ1) is 21.6. The second kappa shape index (κ2) is 13.1. The van der Waals surface area contributed by atoms with Gasteiger partial charge in [0.2, 0.25) is 5.91 Å². The van der Waals surface area contributed by atoms with Gasteiger partial charge < -0.3 is 29.5 Å². The molecule has 1 saturated carbocycles. The third kappa shape index (κ3) is 6.12. The fourth-order valence-corrected chi connectivity index (χ4v) is 9.46. The van der Waals surface area contributed by atoms with E-state index in [0.717, 1.165) is 51.7 Å². The molecule has 6 aliphatic rings. The number of hydrogen-bond acceptors (Lipinski definition) is 8. The van der Waals surface area contributed by atoms with Gasteiger partial charge in [0.15, 0.2) is 0 Å². The van der Waals surface area contributed by atoms with Crippen LogP contribution < -0.4 is 11.1 Å². The topological polar surface area (TPSA) is 145 Å². The number of piperidine rings is 1. The number of fused-ring (bicyclic) bond motifs is 2. The lowest BCUT2D eigenvalue weighted by atomic mass is 9.58. The van der Waals surface area contributed by atoms with Crippen LogP contribution in [0.2, 0.25) is 0 Å². The highest BCUT2D eigenvalue weighted by molar-refractivity contribution is 5.88. The summed E-state index contributed by atoms with van der Waals surface area (Å²) in [5.74, 6) is 0.181. The molecule has 6 rings (SSSR count). The molecule has 2 aliphatic carbocycles. The van der Waals surface area contributed by atoms with Gasteiger partial charge >= 0.3 is 11.9 Å². The number of quaternary nitrogens is 1. The van der Waals surface area contributed by atoms with Gasteiger partial charge in [0.25, 0.3) is 0 Å². The SMILES string of the molecule is CC=C(C)C(=O)OC1(C)CC=CC(C2CC(N)[NH2+]CC2CC(=O)N2CCC2)C12CC1CC3CC(CCCO)C(=O)OC3CC1O2. The average Bonchev–Trinajstić information content (AvgIpc) is 3.35. The molecule has 0 aromatic heterocycles. The molecule has 4 heterocycles. The number of carbonyl (C=O) groups excluding carboxylic acids is 3. The molecule has 0 bridgehead atoms. The number of carbonyl (C=O) groups is 3. The van der Waals surface area contributed by atoms with Crippen LogP contribution in [0.5, 0.6) is 0 Å². The van der Waals surface area contributed by atoms with Crippen molar-refractivity contribution in [1.29, 1.82) is 0 Å². The average molecular weight is 629 g/mol. The van der Waals surface area contributed by atoms with Crippen LogP contribution in [0, 0.1) is 35.5 Å². The summed E-state index contributed by atoms with van der Waals surface area (Å²) in [5, 5.41) is 11.5. The molecule has 0 radical (unpaired) electrons. The van der Waals surface area contributed by atoms with Crippen LogP contribution in [0.4, 0.5) is 0 Å². The van der Waals surface area contributed by atoms with Crippen LogP contribution >= 0.6 is 0 Å². The number of allylic oxidation sites excluding steroid dienone is 1. The van der Waals surface area contributed by atoms with E-state index in [0.29, 0.717) is 37.7 Å². The Balaban J connectivity index is 1.32. The van der Waals surface area contributed by atoms with Crippen molar-refractivity contribution < 1.29 is 39.0 Å². The van der Waals surface area contributed by atoms with Crippen molar-refractivity contribution in [3.8, 4) is 0 Å². The molecule has 4 aliphatic heterocycles. The number of hydrogen-bond donors (Lipinski definition) is 3. The second-order valence-corrected chi connectivity index (χ2v) is 15.0. The molecule has 1 amide bonds. The molecule has 10 nitrogen and oxygen atoms in total. The third-order valence-corrected chi connectivity index (χ3v) is 12.3. The summed E-state index contributed by atoms with van der Waals surface area (Å²) in [6.07, 6.45) is 13.0. The minimum absolute atomic E-state index is 0.0707. The molecule has 0 aromatic rings. The molecule has 250 valence electrons. The van der Waals surface area contributed by atoms with Crippen LogP contribution in [0.3, 0.4) is 0 Å². The number of esters is 2. The highest BCUT2D eigenvalue weighted by Gasteiger charge is 2.66. The maximum absolute atomic E-state index is 13.4. The van der Waals surface area contributed by atoms with Crippen molar-refractivity contribution in [2.75, 3.05) is 26.2 Å². The Hall–Kier alpha value is -2.27. The van der Waals surface area contributed by atoms with Crippen molar-refractivity contribution in [2.24, 2.45) is 41.2 Å². The molecule has 10 heteroatoms. The Bertz CT molecular complexity index is 1200. The number of rotatable bonds is 8. The fourth-order valence-electron chi connectivity index (χ4n) is 9.46. The number of nitrogens with two attached hydrogens (primary N) is 2. The van der Waals surface area contributed by atoms with E-state index in [1.165, 1.54) is 0 Å². The number of ether oxygens (including phenoxy) is 3. The van der Waals surface area contributed by atoms with Crippen molar-refractivity contribution in [3.63, 3.8) is 0 Å². The van der Waals surface area contributed by atoms with Crippen LogP contribution in [-0.4, -0.2) is 83.7 Å². The first kappa shape index (κ1) is 32.7. The zero-order valence-electron chi connectivity index (χ0n) is 27.3. The maximum atomic E-state index is 13.4. The van der Waals surface area contributed by atoms with Gasteiger partial charge in [0.1, 0.15) is 23.5 Å². The smallest absolute Gasteiger partial charge is 0.334 e. The summed E-state index contributed by atoms with van der Waals surface area (Å²) in [7, 11) is 0. The van der Waals surface area contributed by atoms with Gasteiger partial charge in [-0.2, -0.15) is 0 Å². The Kier molecular flexibility index (Phi) is 9.50. The third-order valence-electron chi connectivity index (χ3n) is 12.3. The highest BCUT2D eigenvalue weighted by Crippen LogP contribution is 2.60. The molecular weight excluding hydrogens is 574 g/mol. The number of nitrogens with zero attached hydrogens (tertiary/aromatic N) is 1. The van der Waals surface area contributed by atoms with E-state index in [-0.39, 0.29) is 78.3 Å². The summed E-state index contributed by atoms with van der Waals surface area (Å²) in [6.45, 7) is 8.19. The molecule has 45 heavy (non-hydrogen) atoms. The molecule has 11 atom stereocenters. The Morgan fingerprint density at radius 2 is 2.00 bits per heavy atom. The first-order valence-electron chi connectivity index (χ1n) is 17.5. The predicted octanol–water partition coefficient (Wildman–Crippen LogP) is 2.20. The second-order valence-electron chi connectivity index (χ2n) is 15.0. The molecule has 5 fully saturated rings. The zero-order valence-corrected chi connectivity index (χ0v) is 27.3. The van der Waals surface area contributed by atoms with Gasteiger partial charge in [-0.3, -0.25) is 15.3 Å². The molecule has 11 unspecified atom stereocenters. The molecule has 5 N–H and O–H groups in total. The lowest BCUT2D eigenvalue weighted by Gasteiger charge is -2.54. The number of amides is 1. The van der Waals surface area contributed by atoms with Gasteiger partial charge in [-0.15, -0.1) is 0 Å². The quantitative estimate of drug-likeness (QED) is 0.211. The normalized spacial score (nSPS) is 42.9. The van der Waals surface area contributed by atoms with E-state index in [9.17, 15) is 19.5 Å². The summed E-state index contributed by atoms with van der Waals surface area (Å²) < 4.78 is 19.8. The van der Waals surface area contributed by atoms with Gasteiger partial charge in [0, 0.05) is 62.8 Å². The Morgan fingerprint density at radius 3 is 2.71 bits per heavy atom. The largest absolute Gasteiger partial charge is 0.462 e. The maximum Gasteiger partial charge on any atom is 0.334 e. The summed E-state index contributed by atoms with van der Waals surface area (Å²) >= 11 is 0. The van der Waals surface area contributed by atoms with E-state index in [1.807, 2.05) is 18.7 Å². The summed E-state index contributed by atoms with van der Waals surface area (Å²) in [5.41, 5.74) is 5.44. The van der Waals surface area contributed by atoms with E-state index >= 15 is 0 Å². The zero-order chi connectivity index (χ0) is 31.9. The van der Waals surface area contributed by atoms with E-state index in [1.54, 1.807) is 13.0 Å². The van der Waals surface area contributed by atoms with Gasteiger partial charge in [-0.1, -0.05) is 18.2 Å². The predicted molar refractivity (Wildman–Crippen MR) is 166 cm³/mol. The Labute approximate surface area is 267 Å². The standard InChI is InChI=1S/C35H53N3O7/c1-4-21(2)32(41)45-34(3)10-5-9-27(26-17-30(36)37-20-25(26)16-31(40)38-11-7-12-38)35(34)19-24-15-23-14-22(8-6-13-39)33(42)43-28(23)18-29(24)44-35/h4-5,9,22-30,37,39H,6-8,10-20,36H2,1-3H3/p+1. The van der Waals surface area contributed by atoms with E-state index in [2.05, 4.69) is 17.5 Å². The van der Waals surface area contributed by atoms with Crippen molar-refractivity contribution in [3.05, 3.63) is 23.8 Å². The minimum Gasteiger partial charge on any atom is -0.462 e. The molecule has 4 saturated heterocycles. The monoisotopic (exact) mass is 628 g/mol.